The van der Waals surface area contributed by atoms with Crippen LogP contribution in [0, 0.1) is 0 Å². The van der Waals surface area contributed by atoms with E-state index in [2.05, 4.69) is 0 Å². The van der Waals surface area contributed by atoms with E-state index in [0.29, 0.717) is 0 Å². The Morgan fingerprint density at radius 2 is 1.38 bits per heavy atom. The van der Waals surface area contributed by atoms with Crippen LogP contribution in [0.5, 0.6) is 0 Å². The van der Waals surface area contributed by atoms with Crippen LogP contribution in [0.3, 0.4) is 0 Å². The molecule has 0 bridgehead atoms. The molecule has 4 heteroatoms. The fourth-order valence-electron chi connectivity index (χ4n) is 0.818. The first-order valence-corrected chi connectivity index (χ1v) is 3.97. The van der Waals surface area contributed by atoms with E-state index >= 15 is 0 Å². The van der Waals surface area contributed by atoms with E-state index in [9.17, 15) is 9.59 Å². The Balaban J connectivity index is 0.000000671. The Kier molecular flexibility index (Phi) is 4.51. The van der Waals surface area contributed by atoms with E-state index in [4.69, 9.17) is 10.2 Å². The first-order valence-electron chi connectivity index (χ1n) is 3.97. The van der Waals surface area contributed by atoms with Crippen molar-refractivity contribution in [3.63, 3.8) is 0 Å². The zero-order valence-corrected chi connectivity index (χ0v) is 7.57. The molecule has 0 fully saturated rings. The summed E-state index contributed by atoms with van der Waals surface area (Å²) >= 11 is 0. The van der Waals surface area contributed by atoms with Gasteiger partial charge in [0.2, 0.25) is 0 Å². The summed E-state index contributed by atoms with van der Waals surface area (Å²) in [6, 6.07) is 0. The molecule has 0 aromatic carbocycles. The van der Waals surface area contributed by atoms with Crippen molar-refractivity contribution in [1.82, 2.24) is 0 Å². The lowest BCUT2D eigenvalue weighted by Gasteiger charge is -1.93. The molecule has 0 aromatic rings. The van der Waals surface area contributed by atoms with Gasteiger partial charge in [0, 0.05) is 17.6 Å². The number of carboxylic acid groups (broad SMARTS) is 2. The van der Waals surface area contributed by atoms with Crippen molar-refractivity contribution < 1.29 is 19.8 Å². The maximum Gasteiger partial charge on any atom is 0.331 e. The van der Waals surface area contributed by atoms with Gasteiger partial charge in [-0.25, -0.2) is 9.59 Å². The summed E-state index contributed by atoms with van der Waals surface area (Å²) < 4.78 is 0. The number of rotatable bonds is 2. The van der Waals surface area contributed by atoms with E-state index in [-0.39, 0.29) is 17.6 Å². The van der Waals surface area contributed by atoms with Gasteiger partial charge in [-0.2, -0.15) is 0 Å². The second-order valence-corrected chi connectivity index (χ2v) is 2.17. The summed E-state index contributed by atoms with van der Waals surface area (Å²) in [5.41, 5.74) is 0.254. The molecular weight excluding hydrogens is 172 g/mol. The molecule has 2 N–H and O–H groups in total. The zero-order valence-electron chi connectivity index (χ0n) is 7.57. The summed E-state index contributed by atoms with van der Waals surface area (Å²) in [6.07, 6.45) is 2.64. The number of allylic oxidation sites excluding steroid dienone is 2. The van der Waals surface area contributed by atoms with Gasteiger partial charge in [-0.05, 0) is 0 Å². The zero-order chi connectivity index (χ0) is 10.4. The van der Waals surface area contributed by atoms with Crippen molar-refractivity contribution >= 4 is 11.9 Å². The first-order chi connectivity index (χ1) is 6.11. The van der Waals surface area contributed by atoms with Crippen molar-refractivity contribution in [3.8, 4) is 0 Å². The van der Waals surface area contributed by atoms with Crippen LogP contribution >= 0.6 is 0 Å². The third-order valence-electron chi connectivity index (χ3n) is 1.42. The van der Waals surface area contributed by atoms with Crippen molar-refractivity contribution in [2.45, 2.75) is 20.3 Å². The topological polar surface area (TPSA) is 74.6 Å². The monoisotopic (exact) mass is 184 g/mol. The molecule has 0 amide bonds. The fraction of sp³-hybridized carbons (Fsp3) is 0.333. The number of hydrogen-bond acceptors (Lipinski definition) is 2. The normalized spacial score (nSPS) is 13.7. The van der Waals surface area contributed by atoms with Crippen molar-refractivity contribution in [1.29, 1.82) is 0 Å². The van der Waals surface area contributed by atoms with E-state index in [0.717, 1.165) is 0 Å². The Hall–Kier alpha value is -1.58. The molecule has 1 aliphatic rings. The summed E-state index contributed by atoms with van der Waals surface area (Å²) in [7, 11) is 0. The maximum absolute atomic E-state index is 10.3. The summed E-state index contributed by atoms with van der Waals surface area (Å²) in [5.74, 6) is -2.12. The molecule has 0 atom stereocenters. The molecule has 0 spiro atoms. The van der Waals surface area contributed by atoms with Crippen LogP contribution in [-0.2, 0) is 9.59 Å². The minimum Gasteiger partial charge on any atom is -0.478 e. The predicted molar refractivity (Wildman–Crippen MR) is 47.4 cm³/mol. The highest BCUT2D eigenvalue weighted by atomic mass is 16.4. The lowest BCUT2D eigenvalue weighted by Crippen LogP contribution is -2.03. The number of carbonyl (C=O) groups is 2. The Labute approximate surface area is 76.2 Å². The third-order valence-corrected chi connectivity index (χ3v) is 1.42. The molecule has 1 rings (SSSR count). The number of aliphatic carboxylic acids is 2. The molecule has 0 saturated heterocycles. The lowest BCUT2D eigenvalue weighted by atomic mass is 10.1. The highest BCUT2D eigenvalue weighted by Gasteiger charge is 2.18. The van der Waals surface area contributed by atoms with Crippen LogP contribution in [0.2, 0.25) is 0 Å². The van der Waals surface area contributed by atoms with Gasteiger partial charge >= 0.3 is 11.9 Å². The Bertz CT molecular complexity index is 245. The molecular formula is C9H12O4. The standard InChI is InChI=1S/C7H6O4.C2H6/c8-6(9)4-1-2-5(3-4)7(10)11;1-2/h1-2H,3H2,(H,8,9)(H,10,11);1-2H3. The molecule has 0 aliphatic heterocycles. The van der Waals surface area contributed by atoms with E-state index < -0.39 is 11.9 Å². The largest absolute Gasteiger partial charge is 0.478 e. The Morgan fingerprint density at radius 1 is 1.08 bits per heavy atom. The highest BCUT2D eigenvalue weighted by molar-refractivity contribution is 5.95. The van der Waals surface area contributed by atoms with Crippen LogP contribution in [0.4, 0.5) is 0 Å². The van der Waals surface area contributed by atoms with Crippen LogP contribution in [0.1, 0.15) is 20.3 Å². The van der Waals surface area contributed by atoms with Crippen molar-refractivity contribution in [2.24, 2.45) is 0 Å². The second kappa shape index (κ2) is 5.13. The molecule has 0 heterocycles. The first kappa shape index (κ1) is 11.4. The van der Waals surface area contributed by atoms with Crippen LogP contribution < -0.4 is 0 Å². The van der Waals surface area contributed by atoms with Gasteiger partial charge in [0.1, 0.15) is 0 Å². The molecule has 0 radical (unpaired) electrons. The fourth-order valence-corrected chi connectivity index (χ4v) is 0.818. The molecule has 13 heavy (non-hydrogen) atoms. The summed E-state index contributed by atoms with van der Waals surface area (Å²) in [4.78, 5) is 20.6. The van der Waals surface area contributed by atoms with Crippen molar-refractivity contribution in [3.05, 3.63) is 23.3 Å². The lowest BCUT2D eigenvalue weighted by molar-refractivity contribution is -0.132. The van der Waals surface area contributed by atoms with Gasteiger partial charge in [-0.1, -0.05) is 26.0 Å². The van der Waals surface area contributed by atoms with Gasteiger partial charge in [0.15, 0.2) is 0 Å². The third kappa shape index (κ3) is 3.11. The average molecular weight is 184 g/mol. The van der Waals surface area contributed by atoms with E-state index in [1.807, 2.05) is 13.8 Å². The predicted octanol–water partition coefficient (Wildman–Crippen LogP) is 1.44. The maximum atomic E-state index is 10.3. The summed E-state index contributed by atoms with van der Waals surface area (Å²) in [6.45, 7) is 4.00. The van der Waals surface area contributed by atoms with Gasteiger partial charge < -0.3 is 10.2 Å². The minimum absolute atomic E-state index is 0.0185. The Morgan fingerprint density at radius 3 is 1.54 bits per heavy atom. The highest BCUT2D eigenvalue weighted by Crippen LogP contribution is 2.18. The molecule has 4 nitrogen and oxygen atoms in total. The number of carboxylic acids is 2. The summed E-state index contributed by atoms with van der Waals surface area (Å²) in [5, 5.41) is 16.8. The number of hydrogen-bond donors (Lipinski definition) is 2. The van der Waals surface area contributed by atoms with Gasteiger partial charge in [0.25, 0.3) is 0 Å². The van der Waals surface area contributed by atoms with Crippen LogP contribution in [0.25, 0.3) is 0 Å². The van der Waals surface area contributed by atoms with Crippen LogP contribution in [-0.4, -0.2) is 22.2 Å². The van der Waals surface area contributed by atoms with Crippen LogP contribution in [0.15, 0.2) is 23.3 Å². The molecule has 72 valence electrons. The van der Waals surface area contributed by atoms with E-state index in [1.165, 1.54) is 12.2 Å². The molecule has 0 aromatic heterocycles. The molecule has 1 aliphatic carbocycles. The average Bonchev–Trinajstić information content (AvgIpc) is 2.56. The van der Waals surface area contributed by atoms with Gasteiger partial charge in [0.05, 0.1) is 0 Å². The SMILES string of the molecule is CC.O=C(O)C1=CC=C(C(=O)O)C1. The smallest absolute Gasteiger partial charge is 0.331 e. The van der Waals surface area contributed by atoms with Gasteiger partial charge in [-0.15, -0.1) is 0 Å². The van der Waals surface area contributed by atoms with E-state index in [1.54, 1.807) is 0 Å². The quantitative estimate of drug-likeness (QED) is 0.680. The van der Waals surface area contributed by atoms with Gasteiger partial charge in [-0.3, -0.25) is 0 Å². The molecule has 0 unspecified atom stereocenters. The van der Waals surface area contributed by atoms with Crippen molar-refractivity contribution in [2.75, 3.05) is 0 Å². The molecule has 0 saturated carbocycles. The minimum atomic E-state index is -1.06. The second-order valence-electron chi connectivity index (χ2n) is 2.17.